The van der Waals surface area contributed by atoms with E-state index in [1.807, 2.05) is 30.3 Å². The van der Waals surface area contributed by atoms with Crippen molar-refractivity contribution < 1.29 is 9.90 Å². The molecule has 4 rings (SSSR count). The zero-order chi connectivity index (χ0) is 17.4. The van der Waals surface area contributed by atoms with Crippen LogP contribution in [0.3, 0.4) is 0 Å². The second kappa shape index (κ2) is 6.03. The molecule has 0 amide bonds. The minimum absolute atomic E-state index is 0.200. The summed E-state index contributed by atoms with van der Waals surface area (Å²) >= 11 is 1.38. The van der Waals surface area contributed by atoms with Crippen molar-refractivity contribution in [2.45, 2.75) is 0 Å². The summed E-state index contributed by atoms with van der Waals surface area (Å²) in [6.45, 7) is 0. The number of anilines is 1. The maximum Gasteiger partial charge on any atom is 0.337 e. The normalized spacial score (nSPS) is 10.9. The van der Waals surface area contributed by atoms with Crippen molar-refractivity contribution in [1.29, 1.82) is 0 Å². The summed E-state index contributed by atoms with van der Waals surface area (Å²) in [5, 5.41) is 11.5. The van der Waals surface area contributed by atoms with Crippen LogP contribution in [-0.4, -0.2) is 16.1 Å². The Kier molecular flexibility index (Phi) is 3.71. The predicted octanol–water partition coefficient (Wildman–Crippen LogP) is 4.91. The number of benzene rings is 2. The number of hydrogen-bond acceptors (Lipinski definition) is 4. The molecule has 0 aliphatic heterocycles. The Morgan fingerprint density at radius 2 is 1.72 bits per heavy atom. The SMILES string of the molecule is Nc1ncc(-c2cccc(-c3ccccc3)c2)c2scc(C(=O)O)c12. The second-order valence-electron chi connectivity index (χ2n) is 5.66. The molecule has 122 valence electrons. The van der Waals surface area contributed by atoms with Crippen LogP contribution in [-0.2, 0) is 0 Å². The second-order valence-corrected chi connectivity index (χ2v) is 6.54. The number of aromatic carboxylic acids is 1. The van der Waals surface area contributed by atoms with Crippen molar-refractivity contribution >= 4 is 33.2 Å². The molecule has 0 aliphatic carbocycles. The summed E-state index contributed by atoms with van der Waals surface area (Å²) in [6, 6.07) is 18.2. The quantitative estimate of drug-likeness (QED) is 0.552. The zero-order valence-electron chi connectivity index (χ0n) is 13.1. The van der Waals surface area contributed by atoms with Crippen LogP contribution >= 0.6 is 11.3 Å². The highest BCUT2D eigenvalue weighted by Gasteiger charge is 2.17. The number of pyridine rings is 1. The molecule has 0 bridgehead atoms. The lowest BCUT2D eigenvalue weighted by molar-refractivity contribution is 0.0699. The van der Waals surface area contributed by atoms with E-state index in [-0.39, 0.29) is 11.4 Å². The van der Waals surface area contributed by atoms with Gasteiger partial charge in [-0.1, -0.05) is 48.5 Å². The maximum atomic E-state index is 11.4. The van der Waals surface area contributed by atoms with Crippen molar-refractivity contribution in [3.05, 3.63) is 71.7 Å². The number of thiophene rings is 1. The van der Waals surface area contributed by atoms with Crippen molar-refractivity contribution in [3.63, 3.8) is 0 Å². The molecule has 5 heteroatoms. The maximum absolute atomic E-state index is 11.4. The van der Waals surface area contributed by atoms with E-state index < -0.39 is 5.97 Å². The summed E-state index contributed by atoms with van der Waals surface area (Å²) in [4.78, 5) is 15.7. The Morgan fingerprint density at radius 3 is 2.48 bits per heavy atom. The Labute approximate surface area is 148 Å². The van der Waals surface area contributed by atoms with Crippen LogP contribution < -0.4 is 5.73 Å². The number of carbonyl (C=O) groups is 1. The Morgan fingerprint density at radius 1 is 1.00 bits per heavy atom. The minimum Gasteiger partial charge on any atom is -0.478 e. The van der Waals surface area contributed by atoms with Gasteiger partial charge in [-0.3, -0.25) is 0 Å². The fourth-order valence-corrected chi connectivity index (χ4v) is 4.01. The molecule has 2 aromatic heterocycles. The predicted molar refractivity (Wildman–Crippen MR) is 102 cm³/mol. The average Bonchev–Trinajstić information content (AvgIpc) is 3.09. The molecule has 0 fully saturated rings. The first-order valence-corrected chi connectivity index (χ1v) is 8.58. The van der Waals surface area contributed by atoms with Gasteiger partial charge in [0.05, 0.1) is 5.56 Å². The number of carboxylic acids is 1. The molecule has 0 radical (unpaired) electrons. The number of hydrogen-bond donors (Lipinski definition) is 2. The van der Waals surface area contributed by atoms with E-state index in [0.29, 0.717) is 5.39 Å². The van der Waals surface area contributed by atoms with Crippen molar-refractivity contribution in [3.8, 4) is 22.3 Å². The third-order valence-electron chi connectivity index (χ3n) is 4.14. The minimum atomic E-state index is -0.991. The van der Waals surface area contributed by atoms with Crippen molar-refractivity contribution in [2.75, 3.05) is 5.73 Å². The summed E-state index contributed by atoms with van der Waals surface area (Å²) in [5.74, 6) is -0.744. The van der Waals surface area contributed by atoms with Gasteiger partial charge in [-0.05, 0) is 22.8 Å². The molecule has 0 aliphatic rings. The molecular weight excluding hydrogens is 332 g/mol. The van der Waals surface area contributed by atoms with Gasteiger partial charge in [0.25, 0.3) is 0 Å². The first kappa shape index (κ1) is 15.4. The lowest BCUT2D eigenvalue weighted by Gasteiger charge is -2.08. The summed E-state index contributed by atoms with van der Waals surface area (Å²) in [5.41, 5.74) is 10.2. The van der Waals surface area contributed by atoms with E-state index in [1.54, 1.807) is 11.6 Å². The molecule has 0 saturated heterocycles. The summed E-state index contributed by atoms with van der Waals surface area (Å²) in [6.07, 6.45) is 1.71. The van der Waals surface area contributed by atoms with Crippen LogP contribution in [0.1, 0.15) is 10.4 Å². The van der Waals surface area contributed by atoms with Gasteiger partial charge >= 0.3 is 5.97 Å². The third kappa shape index (κ3) is 2.64. The van der Waals surface area contributed by atoms with Gasteiger partial charge in [-0.25, -0.2) is 9.78 Å². The summed E-state index contributed by atoms with van der Waals surface area (Å²) in [7, 11) is 0. The van der Waals surface area contributed by atoms with Gasteiger partial charge in [-0.2, -0.15) is 0 Å². The lowest BCUT2D eigenvalue weighted by atomic mass is 9.99. The standard InChI is InChI=1S/C20H14N2O2S/c21-19-17-16(20(23)24)11-25-18(17)15(10-22-19)14-8-4-7-13(9-14)12-5-2-1-3-6-12/h1-11H,(H2,21,22)(H,23,24). The first-order valence-electron chi connectivity index (χ1n) is 7.70. The van der Waals surface area contributed by atoms with E-state index in [4.69, 9.17) is 5.73 Å². The van der Waals surface area contributed by atoms with Crippen molar-refractivity contribution in [1.82, 2.24) is 4.98 Å². The average molecular weight is 346 g/mol. The largest absolute Gasteiger partial charge is 0.478 e. The molecule has 2 heterocycles. The zero-order valence-corrected chi connectivity index (χ0v) is 14.0. The fourth-order valence-electron chi connectivity index (χ4n) is 2.93. The monoisotopic (exact) mass is 346 g/mol. The fraction of sp³-hybridized carbons (Fsp3) is 0. The Hall–Kier alpha value is -3.18. The number of carboxylic acid groups (broad SMARTS) is 1. The molecule has 0 atom stereocenters. The van der Waals surface area contributed by atoms with Crippen LogP contribution in [0.5, 0.6) is 0 Å². The molecule has 0 saturated carbocycles. The van der Waals surface area contributed by atoms with E-state index in [1.165, 1.54) is 11.3 Å². The number of nitrogens with two attached hydrogens (primary N) is 1. The van der Waals surface area contributed by atoms with Gasteiger partial charge in [0.2, 0.25) is 0 Å². The highest BCUT2D eigenvalue weighted by atomic mass is 32.1. The number of rotatable bonds is 3. The van der Waals surface area contributed by atoms with Gasteiger partial charge < -0.3 is 10.8 Å². The highest BCUT2D eigenvalue weighted by Crippen LogP contribution is 2.38. The van der Waals surface area contributed by atoms with Crippen LogP contribution in [0.4, 0.5) is 5.82 Å². The van der Waals surface area contributed by atoms with Gasteiger partial charge in [0.15, 0.2) is 0 Å². The van der Waals surface area contributed by atoms with Gasteiger partial charge in [0, 0.05) is 27.2 Å². The molecule has 4 aromatic rings. The molecule has 25 heavy (non-hydrogen) atoms. The van der Waals surface area contributed by atoms with Crippen LogP contribution in [0, 0.1) is 0 Å². The Bertz CT molecular complexity index is 1090. The number of nitrogen functional groups attached to an aromatic ring is 1. The van der Waals surface area contributed by atoms with E-state index >= 15 is 0 Å². The smallest absolute Gasteiger partial charge is 0.337 e. The molecule has 3 N–H and O–H groups in total. The van der Waals surface area contributed by atoms with Crippen LogP contribution in [0.25, 0.3) is 32.3 Å². The first-order chi connectivity index (χ1) is 12.1. The molecule has 2 aromatic carbocycles. The number of aromatic nitrogens is 1. The molecule has 0 spiro atoms. The number of nitrogens with zero attached hydrogens (tertiary/aromatic N) is 1. The van der Waals surface area contributed by atoms with E-state index in [0.717, 1.165) is 27.0 Å². The van der Waals surface area contributed by atoms with Gasteiger partial charge in [-0.15, -0.1) is 11.3 Å². The molecule has 0 unspecified atom stereocenters. The number of fused-ring (bicyclic) bond motifs is 1. The van der Waals surface area contributed by atoms with Crippen LogP contribution in [0.15, 0.2) is 66.2 Å². The third-order valence-corrected chi connectivity index (χ3v) is 5.15. The molecule has 4 nitrogen and oxygen atoms in total. The van der Waals surface area contributed by atoms with E-state index in [9.17, 15) is 9.90 Å². The van der Waals surface area contributed by atoms with Crippen LogP contribution in [0.2, 0.25) is 0 Å². The van der Waals surface area contributed by atoms with Gasteiger partial charge in [0.1, 0.15) is 5.82 Å². The molecular formula is C20H14N2O2S. The Balaban J connectivity index is 1.91. The topological polar surface area (TPSA) is 76.2 Å². The lowest BCUT2D eigenvalue weighted by Crippen LogP contribution is -1.98. The van der Waals surface area contributed by atoms with E-state index in [2.05, 4.69) is 29.2 Å². The van der Waals surface area contributed by atoms with Crippen molar-refractivity contribution in [2.24, 2.45) is 0 Å². The highest BCUT2D eigenvalue weighted by molar-refractivity contribution is 7.18. The summed E-state index contributed by atoms with van der Waals surface area (Å²) < 4.78 is 0.843.